The van der Waals surface area contributed by atoms with Crippen molar-refractivity contribution in [3.05, 3.63) is 108 Å². The van der Waals surface area contributed by atoms with Crippen LogP contribution < -0.4 is 0 Å². The van der Waals surface area contributed by atoms with E-state index in [1.807, 2.05) is 18.2 Å². The molecule has 0 fully saturated rings. The van der Waals surface area contributed by atoms with Crippen LogP contribution in [0.1, 0.15) is 83.4 Å². The second kappa shape index (κ2) is 14.4. The molecule has 0 heterocycles. The molecule has 160 valence electrons. The minimum absolute atomic E-state index is 1.04. The SMILES string of the molecule is C=C(/C(C)=C\C(=C/C)CC)c1ccc(C(=C)c2ccccc2)cc1.CCCCCC. The van der Waals surface area contributed by atoms with Crippen molar-refractivity contribution in [1.29, 1.82) is 0 Å². The lowest BCUT2D eigenvalue weighted by Gasteiger charge is -2.10. The summed E-state index contributed by atoms with van der Waals surface area (Å²) in [6, 6.07) is 18.8. The lowest BCUT2D eigenvalue weighted by molar-refractivity contribution is 0.702. The first-order valence-corrected chi connectivity index (χ1v) is 11.4. The summed E-state index contributed by atoms with van der Waals surface area (Å²) in [6.45, 7) is 19.3. The number of allylic oxidation sites excluding steroid dienone is 5. The highest BCUT2D eigenvalue weighted by Gasteiger charge is 2.05. The van der Waals surface area contributed by atoms with Gasteiger partial charge in [0.05, 0.1) is 0 Å². The largest absolute Gasteiger partial charge is 0.0909 e. The van der Waals surface area contributed by atoms with Crippen molar-refractivity contribution in [2.24, 2.45) is 0 Å². The number of benzene rings is 2. The molecule has 2 aromatic carbocycles. The predicted octanol–water partition coefficient (Wildman–Crippen LogP) is 9.65. The van der Waals surface area contributed by atoms with E-state index < -0.39 is 0 Å². The summed E-state index contributed by atoms with van der Waals surface area (Å²) in [7, 11) is 0. The first-order chi connectivity index (χ1) is 14.5. The van der Waals surface area contributed by atoms with Crippen molar-refractivity contribution >= 4 is 11.1 Å². The maximum Gasteiger partial charge on any atom is -0.0183 e. The molecule has 0 saturated heterocycles. The zero-order valence-electron chi connectivity index (χ0n) is 19.8. The second-order valence-electron chi connectivity index (χ2n) is 7.65. The lowest BCUT2D eigenvalue weighted by Crippen LogP contribution is -1.89. The average Bonchev–Trinajstić information content (AvgIpc) is 2.81. The Morgan fingerprint density at radius 1 is 0.767 bits per heavy atom. The highest BCUT2D eigenvalue weighted by Crippen LogP contribution is 2.26. The highest BCUT2D eigenvalue weighted by molar-refractivity contribution is 5.81. The molecule has 30 heavy (non-hydrogen) atoms. The molecule has 0 heteroatoms. The molecule has 0 spiro atoms. The van der Waals surface area contributed by atoms with Gasteiger partial charge >= 0.3 is 0 Å². The van der Waals surface area contributed by atoms with Crippen molar-refractivity contribution in [1.82, 2.24) is 0 Å². The molecule has 0 N–H and O–H groups in total. The fraction of sp³-hybridized carbons (Fsp3) is 0.333. The molecule has 0 saturated carbocycles. The van der Waals surface area contributed by atoms with Crippen molar-refractivity contribution in [3.63, 3.8) is 0 Å². The van der Waals surface area contributed by atoms with Gasteiger partial charge in [-0.1, -0.05) is 132 Å². The first kappa shape index (κ1) is 25.4. The maximum atomic E-state index is 4.26. The third-order valence-corrected chi connectivity index (χ3v) is 5.32. The molecule has 0 unspecified atom stereocenters. The van der Waals surface area contributed by atoms with E-state index >= 15 is 0 Å². The lowest BCUT2D eigenvalue weighted by atomic mass is 9.94. The van der Waals surface area contributed by atoms with E-state index in [2.05, 4.69) is 96.3 Å². The fourth-order valence-electron chi connectivity index (χ4n) is 3.16. The summed E-state index contributed by atoms with van der Waals surface area (Å²) >= 11 is 0. The van der Waals surface area contributed by atoms with Crippen LogP contribution in [0.2, 0.25) is 0 Å². The van der Waals surface area contributed by atoms with E-state index in [1.54, 1.807) is 0 Å². The van der Waals surface area contributed by atoms with Crippen molar-refractivity contribution < 1.29 is 0 Å². The Hall–Kier alpha value is -2.60. The average molecular weight is 401 g/mol. The Morgan fingerprint density at radius 2 is 1.27 bits per heavy atom. The molecule has 0 atom stereocenters. The van der Waals surface area contributed by atoms with Gasteiger partial charge in [0, 0.05) is 0 Å². The van der Waals surface area contributed by atoms with Crippen LogP contribution in [0.5, 0.6) is 0 Å². The molecule has 0 aliphatic carbocycles. The van der Waals surface area contributed by atoms with Gasteiger partial charge in [0.2, 0.25) is 0 Å². The van der Waals surface area contributed by atoms with Crippen molar-refractivity contribution in [2.75, 3.05) is 0 Å². The van der Waals surface area contributed by atoms with Gasteiger partial charge in [-0.25, -0.2) is 0 Å². The summed E-state index contributed by atoms with van der Waals surface area (Å²) in [5.74, 6) is 0. The Kier molecular flexibility index (Phi) is 12.2. The number of hydrogen-bond donors (Lipinski definition) is 0. The molecule has 0 radical (unpaired) electrons. The van der Waals surface area contributed by atoms with Gasteiger partial charge in [-0.05, 0) is 53.7 Å². The number of hydrogen-bond acceptors (Lipinski definition) is 0. The molecule has 0 aromatic heterocycles. The minimum Gasteiger partial charge on any atom is -0.0909 e. The van der Waals surface area contributed by atoms with Gasteiger partial charge in [-0.2, -0.15) is 0 Å². The van der Waals surface area contributed by atoms with Crippen LogP contribution >= 0.6 is 0 Å². The zero-order valence-corrected chi connectivity index (χ0v) is 19.8. The Morgan fingerprint density at radius 3 is 1.73 bits per heavy atom. The van der Waals surface area contributed by atoms with Crippen LogP contribution in [0, 0.1) is 0 Å². The molecule has 0 aliphatic heterocycles. The third-order valence-electron chi connectivity index (χ3n) is 5.32. The Balaban J connectivity index is 0.000000656. The van der Waals surface area contributed by atoms with Gasteiger partial charge in [-0.3, -0.25) is 0 Å². The van der Waals surface area contributed by atoms with E-state index in [0.29, 0.717) is 0 Å². The molecule has 2 aromatic rings. The molecule has 0 aliphatic rings. The fourth-order valence-corrected chi connectivity index (χ4v) is 3.16. The maximum absolute atomic E-state index is 4.26. The predicted molar refractivity (Wildman–Crippen MR) is 138 cm³/mol. The monoisotopic (exact) mass is 400 g/mol. The van der Waals surface area contributed by atoms with E-state index in [4.69, 9.17) is 0 Å². The summed E-state index contributed by atoms with van der Waals surface area (Å²) in [4.78, 5) is 0. The van der Waals surface area contributed by atoms with Gasteiger partial charge < -0.3 is 0 Å². The van der Waals surface area contributed by atoms with Gasteiger partial charge in [0.15, 0.2) is 0 Å². The Bertz CT molecular complexity index is 825. The Labute approximate surface area is 185 Å². The molecule has 0 bridgehead atoms. The number of unbranched alkanes of at least 4 members (excludes halogenated alkanes) is 3. The standard InChI is InChI=1S/C24H26.C6H14/c1-6-21(7-2)17-18(3)19(4)23-13-15-24(16-14-23)20(5)22-11-9-8-10-12-22;1-3-5-6-4-2/h6,8-17H,4-5,7H2,1-3H3;3-6H2,1-2H3/b18-17-,21-6-;. The van der Waals surface area contributed by atoms with E-state index in [0.717, 1.165) is 34.3 Å². The minimum atomic E-state index is 1.04. The summed E-state index contributed by atoms with van der Waals surface area (Å²) in [6.07, 6.45) is 11.0. The van der Waals surface area contributed by atoms with Crippen molar-refractivity contribution in [2.45, 2.75) is 66.7 Å². The highest BCUT2D eigenvalue weighted by atomic mass is 14.1. The van der Waals surface area contributed by atoms with Gasteiger partial charge in [0.25, 0.3) is 0 Å². The number of rotatable bonds is 9. The molecule has 2 rings (SSSR count). The second-order valence-corrected chi connectivity index (χ2v) is 7.65. The normalized spacial score (nSPS) is 11.5. The molecule has 0 nitrogen and oxygen atoms in total. The molecular weight excluding hydrogens is 360 g/mol. The summed E-state index contributed by atoms with van der Waals surface area (Å²) < 4.78 is 0. The molecule has 0 amide bonds. The summed E-state index contributed by atoms with van der Waals surface area (Å²) in [5.41, 5.74) is 8.10. The van der Waals surface area contributed by atoms with Crippen molar-refractivity contribution in [3.8, 4) is 0 Å². The molecular formula is C30H40. The third kappa shape index (κ3) is 8.41. The van der Waals surface area contributed by atoms with Gasteiger partial charge in [-0.15, -0.1) is 0 Å². The topological polar surface area (TPSA) is 0 Å². The zero-order chi connectivity index (χ0) is 22.4. The van der Waals surface area contributed by atoms with Crippen LogP contribution in [-0.2, 0) is 0 Å². The smallest absolute Gasteiger partial charge is 0.0183 e. The van der Waals surface area contributed by atoms with Crippen LogP contribution in [-0.4, -0.2) is 0 Å². The van der Waals surface area contributed by atoms with E-state index in [9.17, 15) is 0 Å². The van der Waals surface area contributed by atoms with Crippen LogP contribution in [0.4, 0.5) is 0 Å². The van der Waals surface area contributed by atoms with E-state index in [1.165, 1.54) is 36.8 Å². The van der Waals surface area contributed by atoms with Crippen LogP contribution in [0.25, 0.3) is 11.1 Å². The summed E-state index contributed by atoms with van der Waals surface area (Å²) in [5, 5.41) is 0. The van der Waals surface area contributed by atoms with E-state index in [-0.39, 0.29) is 0 Å². The first-order valence-electron chi connectivity index (χ1n) is 11.4. The van der Waals surface area contributed by atoms with Gasteiger partial charge in [0.1, 0.15) is 0 Å². The van der Waals surface area contributed by atoms with Crippen LogP contribution in [0.15, 0.2) is 91.1 Å². The van der Waals surface area contributed by atoms with Crippen LogP contribution in [0.3, 0.4) is 0 Å². The quantitative estimate of drug-likeness (QED) is 0.290.